The van der Waals surface area contributed by atoms with Crippen molar-refractivity contribution in [2.24, 2.45) is 26.8 Å². The lowest BCUT2D eigenvalue weighted by Crippen LogP contribution is -2.60. The van der Waals surface area contributed by atoms with Crippen LogP contribution in [0.1, 0.15) is 92.2 Å². The number of anilines is 1. The number of rotatable bonds is 9. The number of esters is 1. The smallest absolute Gasteiger partial charge is 0.305 e. The highest BCUT2D eigenvalue weighted by molar-refractivity contribution is 6.21. The molecule has 7 heterocycles. The van der Waals surface area contributed by atoms with Crippen molar-refractivity contribution >= 4 is 40.6 Å². The van der Waals surface area contributed by atoms with Crippen molar-refractivity contribution in [2.75, 3.05) is 18.1 Å². The Morgan fingerprint density at radius 2 is 1.80 bits per heavy atom. The van der Waals surface area contributed by atoms with Gasteiger partial charge in [-0.3, -0.25) is 14.9 Å². The van der Waals surface area contributed by atoms with Gasteiger partial charge in [-0.15, -0.1) is 0 Å². The Labute approximate surface area is 384 Å². The van der Waals surface area contributed by atoms with Crippen LogP contribution in [0.3, 0.4) is 0 Å². The number of nitro benzene ring substituents is 1. The number of carbonyl (C=O) groups is 1. The van der Waals surface area contributed by atoms with Crippen molar-refractivity contribution in [3.63, 3.8) is 0 Å². The number of nitrogens with one attached hydrogen (secondary N) is 1. The van der Waals surface area contributed by atoms with Crippen LogP contribution in [-0.2, 0) is 14.9 Å². The second kappa shape index (κ2) is 15.6. The molecule has 4 atom stereocenters. The van der Waals surface area contributed by atoms with E-state index >= 15 is 0 Å². The molecule has 1 saturated heterocycles. The second-order valence-electron chi connectivity index (χ2n) is 18.9. The first kappa shape index (κ1) is 43.1. The molecular weight excluding hydrogens is 833 g/mol. The van der Waals surface area contributed by atoms with Gasteiger partial charge in [0.2, 0.25) is 5.72 Å². The van der Waals surface area contributed by atoms with Gasteiger partial charge in [0.15, 0.2) is 0 Å². The molecule has 13 heteroatoms. The van der Waals surface area contributed by atoms with Crippen LogP contribution in [-0.4, -0.2) is 63.2 Å². The van der Waals surface area contributed by atoms with Gasteiger partial charge < -0.3 is 29.9 Å². The summed E-state index contributed by atoms with van der Waals surface area (Å²) in [4.78, 5) is 42.5. The molecule has 7 aliphatic heterocycles. The van der Waals surface area contributed by atoms with Crippen molar-refractivity contribution < 1.29 is 29.4 Å². The molecule has 0 amide bonds. The molecule has 2 aromatic carbocycles. The number of allylic oxidation sites excluding steroid dienone is 11. The summed E-state index contributed by atoms with van der Waals surface area (Å²) in [6.07, 6.45) is 10.8. The summed E-state index contributed by atoms with van der Waals surface area (Å²) < 4.78 is 12.9. The third-order valence-corrected chi connectivity index (χ3v) is 14.9. The lowest BCUT2D eigenvalue weighted by atomic mass is 9.76. The lowest BCUT2D eigenvalue weighted by molar-refractivity contribution is -0.384. The number of nitrogens with zero attached hydrogens (tertiary/aromatic N) is 5. The quantitative estimate of drug-likeness (QED) is 0.126. The van der Waals surface area contributed by atoms with E-state index in [1.54, 1.807) is 13.0 Å². The van der Waals surface area contributed by atoms with Crippen molar-refractivity contribution in [3.05, 3.63) is 161 Å². The monoisotopic (exact) mass is 886 g/mol. The second-order valence-corrected chi connectivity index (χ2v) is 18.9. The van der Waals surface area contributed by atoms with Gasteiger partial charge in [-0.1, -0.05) is 32.0 Å². The fourth-order valence-electron chi connectivity index (χ4n) is 11.2. The van der Waals surface area contributed by atoms with Crippen LogP contribution in [0.5, 0.6) is 5.75 Å². The average molecular weight is 887 g/mol. The van der Waals surface area contributed by atoms with Gasteiger partial charge in [-0.05, 0) is 125 Å². The summed E-state index contributed by atoms with van der Waals surface area (Å²) in [6.45, 7) is 16.7. The maximum absolute atomic E-state index is 13.9. The number of hydrogen-bond acceptors (Lipinski definition) is 12. The van der Waals surface area contributed by atoms with Crippen molar-refractivity contribution in [3.8, 4) is 5.75 Å². The topological polar surface area (TPSA) is 171 Å². The molecule has 66 heavy (non-hydrogen) atoms. The molecule has 1 spiro atoms. The molecule has 1 unspecified atom stereocenters. The normalized spacial score (nSPS) is 24.8. The first-order chi connectivity index (χ1) is 31.5. The summed E-state index contributed by atoms with van der Waals surface area (Å²) in [5.74, 6) is 0.257. The number of non-ortho nitro benzene ring substituents is 1. The van der Waals surface area contributed by atoms with Gasteiger partial charge in [-0.25, -0.2) is 15.0 Å². The first-order valence-electron chi connectivity index (χ1n) is 22.9. The minimum atomic E-state index is -0.990. The molecule has 10 rings (SSSR count). The fourth-order valence-corrected chi connectivity index (χ4v) is 11.2. The number of aliphatic imine (C=N–C) groups is 3. The number of aliphatic hydroxyl groups excluding tert-OH is 2. The predicted molar refractivity (Wildman–Crippen MR) is 256 cm³/mol. The van der Waals surface area contributed by atoms with E-state index < -0.39 is 22.2 Å². The lowest BCUT2D eigenvalue weighted by Gasteiger charge is -2.47. The van der Waals surface area contributed by atoms with Crippen molar-refractivity contribution in [1.29, 1.82) is 0 Å². The van der Waals surface area contributed by atoms with E-state index in [1.807, 2.05) is 56.4 Å². The number of benzene rings is 2. The molecule has 1 aliphatic carbocycles. The van der Waals surface area contributed by atoms with Crippen molar-refractivity contribution in [1.82, 2.24) is 5.32 Å². The Morgan fingerprint density at radius 3 is 2.56 bits per heavy atom. The van der Waals surface area contributed by atoms with E-state index in [9.17, 15) is 25.1 Å². The third-order valence-electron chi connectivity index (χ3n) is 14.9. The number of nitro groups is 1. The number of para-hydroxylation sites is 1. The van der Waals surface area contributed by atoms with Crippen molar-refractivity contribution in [2.45, 2.75) is 98.3 Å². The third kappa shape index (κ3) is 6.52. The van der Waals surface area contributed by atoms with E-state index in [1.165, 1.54) is 12.1 Å². The molecule has 13 nitrogen and oxygen atoms in total. The zero-order valence-corrected chi connectivity index (χ0v) is 38.6. The Morgan fingerprint density at radius 1 is 1.05 bits per heavy atom. The SMILES string of the molecule is CCC1=C(C)C2=NC1=CC1=C(C)C3=C(O)CC(=C4NC(=CC5=NC(=C2)C([C@@H](C)O)=C5C)[C@@H](C)[C@@H]4CCC(=O)OCCN2c4ccccc4C(C)(C)C24C=Cc2cc([N+](=O)[O-])ccc2O4)C3=N1. The van der Waals surface area contributed by atoms with Crippen LogP contribution in [0, 0.1) is 22.0 Å². The zero-order valence-electron chi connectivity index (χ0n) is 38.6. The van der Waals surface area contributed by atoms with E-state index in [2.05, 4.69) is 57.0 Å². The highest BCUT2D eigenvalue weighted by Gasteiger charge is 2.59. The summed E-state index contributed by atoms with van der Waals surface area (Å²) in [5, 5.41) is 37.9. The minimum absolute atomic E-state index is 0.0112. The molecule has 338 valence electrons. The molecular formula is C53H54N6O7. The molecule has 0 saturated carbocycles. The summed E-state index contributed by atoms with van der Waals surface area (Å²) in [6, 6.07) is 12.7. The fraction of sp³-hybridized carbons (Fsp3) is 0.358. The Kier molecular flexibility index (Phi) is 10.2. The maximum atomic E-state index is 13.9. The minimum Gasteiger partial charge on any atom is -0.511 e. The van der Waals surface area contributed by atoms with Crippen LogP contribution >= 0.6 is 0 Å². The Hall–Kier alpha value is -6.86. The van der Waals surface area contributed by atoms with Gasteiger partial charge >= 0.3 is 5.97 Å². The standard InChI is InChI=1S/C53H54N6O7/c1-9-34-27(2)38-26-43-48(31(6)60)29(4)40(55-43)24-39-28(3)35(50(56-39)36-23-45(61)49-30(5)41(57-51(36)49)25-42(34)54-38)15-17-47(62)65-21-20-58-44-13-11-10-12-37(44)52(7,8)53(58)19-18-32-22-33(59(63)64)14-16-46(32)66-53/h10-14,16,18-19,22,24-26,28,31,35,56,60-61H,9,15,17,20-21,23H2,1-8H3/t28-,31+,35-,53?/m0/s1. The van der Waals surface area contributed by atoms with Gasteiger partial charge in [0, 0.05) is 76.2 Å². The summed E-state index contributed by atoms with van der Waals surface area (Å²) >= 11 is 0. The van der Waals surface area contributed by atoms with Gasteiger partial charge in [0.1, 0.15) is 18.1 Å². The maximum Gasteiger partial charge on any atom is 0.305 e. The zero-order chi connectivity index (χ0) is 46.6. The van der Waals surface area contributed by atoms with Gasteiger partial charge in [0.05, 0.1) is 57.2 Å². The largest absolute Gasteiger partial charge is 0.511 e. The Bertz CT molecular complexity index is 2980. The molecule has 2 aromatic rings. The number of aliphatic hydroxyl groups is 2. The molecule has 3 N–H and O–H groups in total. The van der Waals surface area contributed by atoms with Crippen LogP contribution in [0.2, 0.25) is 0 Å². The van der Waals surface area contributed by atoms with Crippen LogP contribution in [0.4, 0.5) is 11.4 Å². The van der Waals surface area contributed by atoms with E-state index in [0.29, 0.717) is 36.4 Å². The van der Waals surface area contributed by atoms with Crippen LogP contribution < -0.4 is 15.0 Å². The summed E-state index contributed by atoms with van der Waals surface area (Å²) in [7, 11) is 0. The highest BCUT2D eigenvalue weighted by atomic mass is 16.6. The van der Waals surface area contributed by atoms with E-state index in [-0.39, 0.29) is 42.3 Å². The van der Waals surface area contributed by atoms with E-state index in [4.69, 9.17) is 24.5 Å². The van der Waals surface area contributed by atoms with Crippen LogP contribution in [0.15, 0.2) is 155 Å². The number of hydrogen-bond donors (Lipinski definition) is 3. The molecule has 0 aromatic heterocycles. The number of ether oxygens (including phenoxy) is 2. The predicted octanol–water partition coefficient (Wildman–Crippen LogP) is 9.87. The van der Waals surface area contributed by atoms with E-state index in [0.717, 1.165) is 96.6 Å². The highest BCUT2D eigenvalue weighted by Crippen LogP contribution is 2.55. The Balaban J connectivity index is 0.938. The average Bonchev–Trinajstić information content (AvgIpc) is 4.07. The molecule has 8 aliphatic rings. The van der Waals surface area contributed by atoms with Gasteiger partial charge in [0.25, 0.3) is 5.69 Å². The summed E-state index contributed by atoms with van der Waals surface area (Å²) in [5.41, 5.74) is 13.8. The molecule has 0 radical (unpaired) electrons. The molecule has 1 fully saturated rings. The van der Waals surface area contributed by atoms with Crippen LogP contribution in [0.25, 0.3) is 6.08 Å². The molecule has 8 bridgehead atoms. The first-order valence-corrected chi connectivity index (χ1v) is 22.9. The van der Waals surface area contributed by atoms with Gasteiger partial charge in [-0.2, -0.15) is 0 Å². The number of fused-ring (bicyclic) bond motifs is 7. The number of carbonyl (C=O) groups excluding carboxylic acids is 1.